The lowest BCUT2D eigenvalue weighted by molar-refractivity contribution is -0.193. The van der Waals surface area contributed by atoms with Gasteiger partial charge in [0.1, 0.15) is 12.1 Å². The number of hydrogen-bond donors (Lipinski definition) is 3. The normalized spacial score (nSPS) is 11.8. The van der Waals surface area contributed by atoms with Gasteiger partial charge in [0, 0.05) is 18.6 Å². The summed E-state index contributed by atoms with van der Waals surface area (Å²) in [5, 5.41) is 15.5. The maximum atomic E-state index is 13.5. The van der Waals surface area contributed by atoms with Crippen LogP contribution in [0.15, 0.2) is 103 Å². The highest BCUT2D eigenvalue weighted by Gasteiger charge is 2.39. The Bertz CT molecular complexity index is 2050. The van der Waals surface area contributed by atoms with Gasteiger partial charge in [-0.05, 0) is 75.5 Å². The Labute approximate surface area is 274 Å². The van der Waals surface area contributed by atoms with Gasteiger partial charge >= 0.3 is 30.5 Å². The van der Waals surface area contributed by atoms with E-state index in [1.807, 2.05) is 0 Å². The summed E-state index contributed by atoms with van der Waals surface area (Å²) < 4.78 is 132. The number of carbonyl (C=O) groups is 2. The summed E-state index contributed by atoms with van der Waals surface area (Å²) in [6.07, 6.45) is -8.98. The maximum absolute atomic E-state index is 13.5. The highest BCUT2D eigenvalue weighted by Crippen LogP contribution is 2.40. The van der Waals surface area contributed by atoms with Gasteiger partial charge in [0.2, 0.25) is 0 Å². The fraction of sp³-hybridized carbons (Fsp3) is 0.100. The first kappa shape index (κ1) is 38.7. The van der Waals surface area contributed by atoms with E-state index in [0.717, 1.165) is 12.1 Å². The van der Waals surface area contributed by atoms with Crippen LogP contribution in [0.25, 0.3) is 33.0 Å². The minimum Gasteiger partial charge on any atom is -0.475 e. The summed E-state index contributed by atoms with van der Waals surface area (Å²) in [5.41, 5.74) is 1.45. The van der Waals surface area contributed by atoms with Gasteiger partial charge in [-0.25, -0.2) is 28.0 Å². The summed E-state index contributed by atoms with van der Waals surface area (Å²) in [6.45, 7) is 0. The highest BCUT2D eigenvalue weighted by molar-refractivity contribution is 7.92. The maximum Gasteiger partial charge on any atom is 0.490 e. The molecule has 5 aromatic rings. The van der Waals surface area contributed by atoms with Crippen molar-refractivity contribution in [3.05, 3.63) is 103 Å². The molecular weight excluding hydrogens is 715 g/mol. The molecule has 0 aliphatic rings. The van der Waals surface area contributed by atoms with E-state index in [2.05, 4.69) is 19.7 Å². The average molecular weight is 735 g/mol. The van der Waals surface area contributed by atoms with Gasteiger partial charge in [0.05, 0.1) is 10.5 Å². The molecule has 0 bridgehead atoms. The fourth-order valence-electron chi connectivity index (χ4n) is 3.94. The highest BCUT2D eigenvalue weighted by atomic mass is 32.2. The van der Waals surface area contributed by atoms with Gasteiger partial charge in [-0.2, -0.15) is 39.5 Å². The summed E-state index contributed by atoms with van der Waals surface area (Å²) >= 11 is 0. The number of halogens is 9. The third-order valence-electron chi connectivity index (χ3n) is 6.10. The molecule has 3 N–H and O–H groups in total. The van der Waals surface area contributed by atoms with E-state index in [0.29, 0.717) is 33.0 Å². The van der Waals surface area contributed by atoms with Crippen LogP contribution in [0.5, 0.6) is 0 Å². The standard InChI is InChI=1S/C26H17F3N4O2S.2C2HF3O2/c27-26(28,29)19-4-6-23(24(15-19)17-8-11-30-12-9-17)22-3-1-2-18-14-20(5-7-21(18)22)36(34,35)33-25-10-13-31-16-32-25;2*3-2(4,5)1(6)7/h1-16H,(H,31,32,33);2*(H,6,7). The predicted octanol–water partition coefficient (Wildman–Crippen LogP) is 7.45. The van der Waals surface area contributed by atoms with Crippen LogP contribution in [0.1, 0.15) is 5.56 Å². The quantitative estimate of drug-likeness (QED) is 0.156. The zero-order valence-electron chi connectivity index (χ0n) is 24.4. The zero-order valence-corrected chi connectivity index (χ0v) is 25.2. The number of sulfonamides is 1. The Hall–Kier alpha value is -5.79. The third kappa shape index (κ3) is 10.4. The number of aliphatic carboxylic acids is 2. The van der Waals surface area contributed by atoms with Crippen molar-refractivity contribution in [3.8, 4) is 22.3 Å². The van der Waals surface area contributed by atoms with Gasteiger partial charge < -0.3 is 10.2 Å². The van der Waals surface area contributed by atoms with Crippen molar-refractivity contribution < 1.29 is 67.7 Å². The number of nitrogens with one attached hydrogen (secondary N) is 1. The lowest BCUT2D eigenvalue weighted by atomic mass is 9.90. The van der Waals surface area contributed by atoms with E-state index in [1.54, 1.807) is 36.4 Å². The number of aromatic nitrogens is 3. The molecule has 0 aliphatic heterocycles. The molecule has 0 fully saturated rings. The minimum absolute atomic E-state index is 0.0209. The largest absolute Gasteiger partial charge is 0.490 e. The average Bonchev–Trinajstić information content (AvgIpc) is 3.04. The number of benzene rings is 3. The molecule has 20 heteroatoms. The molecule has 2 heterocycles. The van der Waals surface area contributed by atoms with Crippen molar-refractivity contribution in [2.45, 2.75) is 23.4 Å². The van der Waals surface area contributed by atoms with Crippen LogP contribution in [0.2, 0.25) is 0 Å². The molecule has 0 atom stereocenters. The number of fused-ring (bicyclic) bond motifs is 1. The second kappa shape index (κ2) is 15.2. The number of hydrogen-bond acceptors (Lipinski definition) is 7. The molecule has 0 unspecified atom stereocenters. The summed E-state index contributed by atoms with van der Waals surface area (Å²) in [7, 11) is -3.93. The smallest absolute Gasteiger partial charge is 0.475 e. The lowest BCUT2D eigenvalue weighted by Gasteiger charge is -2.16. The summed E-state index contributed by atoms with van der Waals surface area (Å²) in [6, 6.07) is 18.2. The van der Waals surface area contributed by atoms with Crippen molar-refractivity contribution in [1.82, 2.24) is 15.0 Å². The number of pyridine rings is 1. The third-order valence-corrected chi connectivity index (χ3v) is 7.45. The van der Waals surface area contributed by atoms with Gasteiger partial charge in [0.15, 0.2) is 0 Å². The molecule has 0 saturated heterocycles. The topological polar surface area (TPSA) is 159 Å². The first-order valence-electron chi connectivity index (χ1n) is 13.1. The molecule has 0 radical (unpaired) electrons. The number of rotatable bonds is 5. The van der Waals surface area contributed by atoms with Crippen LogP contribution in [0.4, 0.5) is 45.3 Å². The van der Waals surface area contributed by atoms with Gasteiger partial charge in [-0.15, -0.1) is 0 Å². The van der Waals surface area contributed by atoms with E-state index in [9.17, 15) is 47.9 Å². The minimum atomic E-state index is -5.08. The van der Waals surface area contributed by atoms with E-state index >= 15 is 0 Å². The molecule has 3 aromatic carbocycles. The number of anilines is 1. The molecule has 0 saturated carbocycles. The van der Waals surface area contributed by atoms with Crippen LogP contribution in [-0.4, -0.2) is 57.9 Å². The molecule has 0 amide bonds. The molecular formula is C30H19F9N4O6S. The molecule has 5 rings (SSSR count). The van der Waals surface area contributed by atoms with E-state index in [-0.39, 0.29) is 10.7 Å². The Morgan fingerprint density at radius 2 is 1.24 bits per heavy atom. The molecule has 0 spiro atoms. The number of carboxylic acids is 2. The Kier molecular flexibility index (Phi) is 11.7. The molecule has 10 nitrogen and oxygen atoms in total. The van der Waals surface area contributed by atoms with Crippen LogP contribution < -0.4 is 4.72 Å². The molecule has 264 valence electrons. The number of alkyl halides is 9. The van der Waals surface area contributed by atoms with Crippen molar-refractivity contribution in [1.29, 1.82) is 0 Å². The van der Waals surface area contributed by atoms with E-state index in [1.165, 1.54) is 49.2 Å². The van der Waals surface area contributed by atoms with Gasteiger partial charge in [-0.3, -0.25) is 9.71 Å². The Morgan fingerprint density at radius 1 is 0.660 bits per heavy atom. The van der Waals surface area contributed by atoms with Crippen LogP contribution in [-0.2, 0) is 25.8 Å². The van der Waals surface area contributed by atoms with Crippen molar-refractivity contribution >= 4 is 38.6 Å². The molecule has 2 aromatic heterocycles. The SMILES string of the molecule is O=C(O)C(F)(F)F.O=C(O)C(F)(F)F.O=S(=O)(Nc1ccncn1)c1ccc2c(-c3ccc(C(F)(F)F)cc3-c3ccncc3)cccc2c1. The summed E-state index contributed by atoms with van der Waals surface area (Å²) in [5.74, 6) is -5.38. The Morgan fingerprint density at radius 3 is 1.76 bits per heavy atom. The monoisotopic (exact) mass is 734 g/mol. The number of nitrogens with zero attached hydrogens (tertiary/aromatic N) is 3. The second-order valence-corrected chi connectivity index (χ2v) is 11.2. The fourth-order valence-corrected chi connectivity index (χ4v) is 4.98. The van der Waals surface area contributed by atoms with Crippen LogP contribution in [0.3, 0.4) is 0 Å². The molecule has 50 heavy (non-hydrogen) atoms. The van der Waals surface area contributed by atoms with Crippen molar-refractivity contribution in [2.24, 2.45) is 0 Å². The summed E-state index contributed by atoms with van der Waals surface area (Å²) in [4.78, 5) is 29.4. The van der Waals surface area contributed by atoms with Gasteiger partial charge in [0.25, 0.3) is 10.0 Å². The second-order valence-electron chi connectivity index (χ2n) is 9.49. The van der Waals surface area contributed by atoms with E-state index < -0.39 is 46.1 Å². The lowest BCUT2D eigenvalue weighted by Crippen LogP contribution is -2.21. The molecule has 0 aliphatic carbocycles. The number of carboxylic acid groups (broad SMARTS) is 2. The van der Waals surface area contributed by atoms with Gasteiger partial charge in [-0.1, -0.05) is 30.3 Å². The Balaban J connectivity index is 0.000000408. The zero-order chi connectivity index (χ0) is 37.5. The van der Waals surface area contributed by atoms with Crippen LogP contribution in [0, 0.1) is 0 Å². The first-order chi connectivity index (χ1) is 23.1. The first-order valence-corrected chi connectivity index (χ1v) is 14.6. The van der Waals surface area contributed by atoms with Crippen LogP contribution >= 0.6 is 0 Å². The predicted molar refractivity (Wildman–Crippen MR) is 158 cm³/mol. The van der Waals surface area contributed by atoms with E-state index in [4.69, 9.17) is 19.8 Å². The van der Waals surface area contributed by atoms with Crippen molar-refractivity contribution in [3.63, 3.8) is 0 Å². The van der Waals surface area contributed by atoms with Crippen molar-refractivity contribution in [2.75, 3.05) is 4.72 Å².